The lowest BCUT2D eigenvalue weighted by atomic mass is 9.92. The van der Waals surface area contributed by atoms with Crippen LogP contribution in [0.3, 0.4) is 0 Å². The quantitative estimate of drug-likeness (QED) is 0.291. The minimum Gasteiger partial charge on any atom is -0.344 e. The molecule has 31 heavy (non-hydrogen) atoms. The summed E-state index contributed by atoms with van der Waals surface area (Å²) in [5.41, 5.74) is 10.7. The Bertz CT molecular complexity index is 1110. The molecule has 0 saturated heterocycles. The van der Waals surface area contributed by atoms with E-state index in [9.17, 15) is 0 Å². The fraction of sp³-hybridized carbons (Fsp3) is 0.533. The second kappa shape index (κ2) is 9.63. The standard InChI is InChI=1S/C30H41N/c1-6-9-12-15-31-26(14-11-8-3)18-25-20-28-21(4)27-17-23(13-10-7-2)16-24(27)19-29(28)22(5)30(25)31/h16,18-20H,6-15,17H2,1-5H3. The van der Waals surface area contributed by atoms with Crippen molar-refractivity contribution in [2.45, 2.75) is 105 Å². The molecule has 1 heteroatoms. The summed E-state index contributed by atoms with van der Waals surface area (Å²) in [6, 6.07) is 7.50. The molecule has 4 rings (SSSR count). The monoisotopic (exact) mass is 415 g/mol. The molecule has 0 N–H and O–H groups in total. The van der Waals surface area contributed by atoms with Crippen LogP contribution >= 0.6 is 0 Å². The molecule has 0 radical (unpaired) electrons. The van der Waals surface area contributed by atoms with E-state index >= 15 is 0 Å². The smallest absolute Gasteiger partial charge is 0.0518 e. The van der Waals surface area contributed by atoms with Gasteiger partial charge in [0.05, 0.1) is 5.52 Å². The highest BCUT2D eigenvalue weighted by atomic mass is 15.0. The van der Waals surface area contributed by atoms with Gasteiger partial charge < -0.3 is 4.57 Å². The average Bonchev–Trinajstić information content (AvgIpc) is 3.33. The Morgan fingerprint density at radius 2 is 1.48 bits per heavy atom. The Kier molecular flexibility index (Phi) is 6.89. The van der Waals surface area contributed by atoms with Crippen LogP contribution in [0.4, 0.5) is 0 Å². The summed E-state index contributed by atoms with van der Waals surface area (Å²) in [6.45, 7) is 12.8. The van der Waals surface area contributed by atoms with Gasteiger partial charge in [0.1, 0.15) is 0 Å². The van der Waals surface area contributed by atoms with Gasteiger partial charge in [0, 0.05) is 17.6 Å². The van der Waals surface area contributed by atoms with Crippen LogP contribution in [0.2, 0.25) is 0 Å². The average molecular weight is 416 g/mol. The Hall–Kier alpha value is -2.02. The number of allylic oxidation sites excluding steroid dienone is 1. The zero-order valence-electron chi connectivity index (χ0n) is 20.5. The summed E-state index contributed by atoms with van der Waals surface area (Å²) < 4.78 is 2.67. The molecule has 0 aliphatic heterocycles. The van der Waals surface area contributed by atoms with E-state index in [1.165, 1.54) is 96.2 Å². The Balaban J connectivity index is 1.85. The minimum atomic E-state index is 1.16. The summed E-state index contributed by atoms with van der Waals surface area (Å²) in [6.07, 6.45) is 15.1. The van der Waals surface area contributed by atoms with E-state index in [0.29, 0.717) is 0 Å². The normalized spacial score (nSPS) is 13.4. The van der Waals surface area contributed by atoms with E-state index in [2.05, 4.69) is 63.5 Å². The maximum atomic E-state index is 2.67. The van der Waals surface area contributed by atoms with E-state index in [1.807, 2.05) is 0 Å². The lowest BCUT2D eigenvalue weighted by molar-refractivity contribution is 0.591. The zero-order chi connectivity index (χ0) is 22.0. The third-order valence-electron chi connectivity index (χ3n) is 7.45. The molecular formula is C30H41N. The van der Waals surface area contributed by atoms with Crippen LogP contribution in [0.5, 0.6) is 0 Å². The molecule has 1 nitrogen and oxygen atoms in total. The summed E-state index contributed by atoms with van der Waals surface area (Å²) in [5.74, 6) is 0. The molecule has 3 aromatic rings. The van der Waals surface area contributed by atoms with Crippen molar-refractivity contribution in [1.82, 2.24) is 4.57 Å². The van der Waals surface area contributed by atoms with Crippen LogP contribution in [-0.4, -0.2) is 4.57 Å². The van der Waals surface area contributed by atoms with Gasteiger partial charge in [-0.2, -0.15) is 0 Å². The van der Waals surface area contributed by atoms with Crippen molar-refractivity contribution in [3.8, 4) is 0 Å². The van der Waals surface area contributed by atoms with Crippen molar-refractivity contribution in [2.24, 2.45) is 0 Å². The predicted octanol–water partition coefficient (Wildman–Crippen LogP) is 9.07. The van der Waals surface area contributed by atoms with Gasteiger partial charge in [-0.15, -0.1) is 0 Å². The van der Waals surface area contributed by atoms with Gasteiger partial charge in [0.25, 0.3) is 0 Å². The van der Waals surface area contributed by atoms with Crippen molar-refractivity contribution >= 4 is 27.8 Å². The van der Waals surface area contributed by atoms with Crippen molar-refractivity contribution in [3.05, 3.63) is 51.7 Å². The first kappa shape index (κ1) is 22.2. The molecule has 1 aromatic heterocycles. The molecule has 166 valence electrons. The van der Waals surface area contributed by atoms with E-state index in [0.717, 1.165) is 13.0 Å². The molecule has 1 aliphatic rings. The molecule has 1 heterocycles. The first-order valence-electron chi connectivity index (χ1n) is 12.9. The largest absolute Gasteiger partial charge is 0.344 e. The van der Waals surface area contributed by atoms with Crippen LogP contribution in [0, 0.1) is 13.8 Å². The molecule has 0 unspecified atom stereocenters. The maximum Gasteiger partial charge on any atom is 0.0518 e. The highest BCUT2D eigenvalue weighted by molar-refractivity contribution is 6.04. The SMILES string of the molecule is CCCCCn1c(CCCC)cc2cc3c(C)c4c(cc3c(C)c21)C=C(CCCC)C4. The molecule has 0 saturated carbocycles. The summed E-state index contributed by atoms with van der Waals surface area (Å²) in [4.78, 5) is 0. The number of rotatable bonds is 10. The predicted molar refractivity (Wildman–Crippen MR) is 138 cm³/mol. The van der Waals surface area contributed by atoms with Crippen molar-refractivity contribution in [2.75, 3.05) is 0 Å². The molecule has 0 amide bonds. The molecular weight excluding hydrogens is 374 g/mol. The van der Waals surface area contributed by atoms with Gasteiger partial charge in [0.2, 0.25) is 0 Å². The van der Waals surface area contributed by atoms with Gasteiger partial charge in [0.15, 0.2) is 0 Å². The van der Waals surface area contributed by atoms with Gasteiger partial charge >= 0.3 is 0 Å². The van der Waals surface area contributed by atoms with E-state index in [-0.39, 0.29) is 0 Å². The van der Waals surface area contributed by atoms with Crippen LogP contribution in [0.25, 0.3) is 27.8 Å². The van der Waals surface area contributed by atoms with Gasteiger partial charge in [-0.25, -0.2) is 0 Å². The lowest BCUT2D eigenvalue weighted by Crippen LogP contribution is -2.04. The first-order chi connectivity index (χ1) is 15.1. The summed E-state index contributed by atoms with van der Waals surface area (Å²) >= 11 is 0. The summed E-state index contributed by atoms with van der Waals surface area (Å²) in [5, 5.41) is 4.39. The van der Waals surface area contributed by atoms with Gasteiger partial charge in [-0.3, -0.25) is 0 Å². The van der Waals surface area contributed by atoms with E-state index < -0.39 is 0 Å². The molecule has 0 spiro atoms. The number of unbranched alkanes of at least 4 members (excludes halogenated alkanes) is 4. The number of aromatic nitrogens is 1. The Morgan fingerprint density at radius 1 is 0.774 bits per heavy atom. The van der Waals surface area contributed by atoms with Crippen LogP contribution < -0.4 is 0 Å². The van der Waals surface area contributed by atoms with E-state index in [4.69, 9.17) is 0 Å². The number of hydrogen-bond acceptors (Lipinski definition) is 0. The molecule has 1 aliphatic carbocycles. The first-order valence-corrected chi connectivity index (χ1v) is 12.9. The van der Waals surface area contributed by atoms with Crippen molar-refractivity contribution < 1.29 is 0 Å². The third-order valence-corrected chi connectivity index (χ3v) is 7.45. The zero-order valence-corrected chi connectivity index (χ0v) is 20.5. The lowest BCUT2D eigenvalue weighted by Gasteiger charge is -2.16. The second-order valence-electron chi connectivity index (χ2n) is 9.78. The number of hydrogen-bond donors (Lipinski definition) is 0. The number of fused-ring (bicyclic) bond motifs is 3. The summed E-state index contributed by atoms with van der Waals surface area (Å²) in [7, 11) is 0. The Morgan fingerprint density at radius 3 is 2.23 bits per heavy atom. The number of benzene rings is 2. The van der Waals surface area contributed by atoms with Crippen LogP contribution in [-0.2, 0) is 19.4 Å². The van der Waals surface area contributed by atoms with Crippen LogP contribution in [0.1, 0.15) is 100 Å². The highest BCUT2D eigenvalue weighted by Crippen LogP contribution is 2.39. The van der Waals surface area contributed by atoms with Crippen molar-refractivity contribution in [1.29, 1.82) is 0 Å². The molecule has 2 aromatic carbocycles. The van der Waals surface area contributed by atoms with Crippen molar-refractivity contribution in [3.63, 3.8) is 0 Å². The topological polar surface area (TPSA) is 4.93 Å². The minimum absolute atomic E-state index is 1.16. The van der Waals surface area contributed by atoms with Crippen LogP contribution in [0.15, 0.2) is 23.8 Å². The highest BCUT2D eigenvalue weighted by Gasteiger charge is 2.20. The Labute approximate surface area is 189 Å². The fourth-order valence-electron chi connectivity index (χ4n) is 5.60. The molecule has 0 bridgehead atoms. The molecule has 0 atom stereocenters. The maximum absolute atomic E-state index is 2.67. The number of aryl methyl sites for hydroxylation is 4. The van der Waals surface area contributed by atoms with Gasteiger partial charge in [-0.05, 0) is 104 Å². The van der Waals surface area contributed by atoms with Gasteiger partial charge in [-0.1, -0.05) is 58.1 Å². The third kappa shape index (κ3) is 4.21. The van der Waals surface area contributed by atoms with E-state index in [1.54, 1.807) is 16.8 Å². The fourth-order valence-corrected chi connectivity index (χ4v) is 5.60. The molecule has 0 fully saturated rings. The second-order valence-corrected chi connectivity index (χ2v) is 9.78. The number of nitrogens with zero attached hydrogens (tertiary/aromatic N) is 1.